The van der Waals surface area contributed by atoms with Gasteiger partial charge in [0, 0.05) is 13.1 Å². The van der Waals surface area contributed by atoms with Gasteiger partial charge in [-0.15, -0.1) is 5.10 Å². The lowest BCUT2D eigenvalue weighted by Gasteiger charge is -2.11. The Morgan fingerprint density at radius 3 is 2.78 bits per heavy atom. The fourth-order valence-electron chi connectivity index (χ4n) is 2.55. The Bertz CT molecular complexity index is 907. The van der Waals surface area contributed by atoms with Crippen molar-refractivity contribution in [3.63, 3.8) is 0 Å². The molecule has 0 atom stereocenters. The van der Waals surface area contributed by atoms with Gasteiger partial charge in [-0.05, 0) is 44.8 Å². The summed E-state index contributed by atoms with van der Waals surface area (Å²) in [6.45, 7) is 3.62. The molecule has 0 radical (unpaired) electrons. The molecule has 142 valence electrons. The first kappa shape index (κ1) is 18.7. The molecule has 0 spiro atoms. The third-order valence-corrected chi connectivity index (χ3v) is 3.87. The summed E-state index contributed by atoms with van der Waals surface area (Å²) in [6.07, 6.45) is 1.86. The molecule has 0 fully saturated rings. The third kappa shape index (κ3) is 5.18. The number of carbonyl (C=O) groups excluding carboxylic acids is 1. The van der Waals surface area contributed by atoms with E-state index in [0.717, 1.165) is 24.3 Å². The Balaban J connectivity index is 1.63. The van der Waals surface area contributed by atoms with E-state index in [9.17, 15) is 4.79 Å². The average molecular weight is 368 g/mol. The van der Waals surface area contributed by atoms with E-state index in [0.29, 0.717) is 11.4 Å². The molecule has 0 aliphatic carbocycles. The smallest absolute Gasteiger partial charge is 0.264 e. The third-order valence-electron chi connectivity index (χ3n) is 3.87. The van der Waals surface area contributed by atoms with Gasteiger partial charge in [0.15, 0.2) is 12.3 Å². The fourth-order valence-corrected chi connectivity index (χ4v) is 2.55. The van der Waals surface area contributed by atoms with Crippen LogP contribution in [0.3, 0.4) is 0 Å². The van der Waals surface area contributed by atoms with Crippen molar-refractivity contribution < 1.29 is 9.53 Å². The quantitative estimate of drug-likeness (QED) is 0.633. The molecule has 8 nitrogen and oxygen atoms in total. The first-order chi connectivity index (χ1) is 13.0. The minimum Gasteiger partial charge on any atom is -0.484 e. The highest BCUT2D eigenvalue weighted by molar-refractivity contribution is 5.90. The topological polar surface area (TPSA) is 83.8 Å². The van der Waals surface area contributed by atoms with Gasteiger partial charge in [-0.3, -0.25) is 10.1 Å². The lowest BCUT2D eigenvalue weighted by Crippen LogP contribution is -2.21. The normalized spacial score (nSPS) is 11.0. The zero-order valence-electron chi connectivity index (χ0n) is 15.8. The molecule has 1 aromatic carbocycles. The Labute approximate surface area is 158 Å². The highest BCUT2D eigenvalue weighted by atomic mass is 16.5. The van der Waals surface area contributed by atoms with Crippen LogP contribution in [0.5, 0.6) is 5.75 Å². The summed E-state index contributed by atoms with van der Waals surface area (Å²) in [5.74, 6) is 0.585. The van der Waals surface area contributed by atoms with Crippen LogP contribution < -0.4 is 15.4 Å². The van der Waals surface area contributed by atoms with Gasteiger partial charge < -0.3 is 15.0 Å². The lowest BCUT2D eigenvalue weighted by atomic mass is 10.3. The van der Waals surface area contributed by atoms with E-state index >= 15 is 0 Å². The van der Waals surface area contributed by atoms with Gasteiger partial charge in [-0.25, -0.2) is 4.52 Å². The summed E-state index contributed by atoms with van der Waals surface area (Å²) < 4.78 is 7.10. The van der Waals surface area contributed by atoms with E-state index in [1.165, 1.54) is 0 Å². The van der Waals surface area contributed by atoms with Crippen molar-refractivity contribution in [1.29, 1.82) is 0 Å². The van der Waals surface area contributed by atoms with Crippen molar-refractivity contribution in [3.05, 3.63) is 48.2 Å². The molecule has 2 N–H and O–H groups in total. The number of nitrogens with one attached hydrogen (secondary N) is 2. The molecule has 3 aromatic rings. The Kier molecular flexibility index (Phi) is 5.87. The van der Waals surface area contributed by atoms with Crippen LogP contribution in [-0.2, 0) is 4.79 Å². The molecular weight excluding hydrogens is 344 g/mol. The van der Waals surface area contributed by atoms with Gasteiger partial charge in [0.2, 0.25) is 5.95 Å². The molecule has 0 aliphatic heterocycles. The number of nitrogens with zero attached hydrogens (tertiary/aromatic N) is 4. The zero-order valence-corrected chi connectivity index (χ0v) is 15.8. The molecule has 0 saturated heterocycles. The van der Waals surface area contributed by atoms with Crippen molar-refractivity contribution in [1.82, 2.24) is 19.5 Å². The SMILES string of the molecule is Cc1cc(NCCN(C)C)cn2nc(NC(=O)COc3ccccc3)nc12. The van der Waals surface area contributed by atoms with Gasteiger partial charge >= 0.3 is 0 Å². The van der Waals surface area contributed by atoms with Crippen LogP contribution >= 0.6 is 0 Å². The Hall–Kier alpha value is -3.13. The highest BCUT2D eigenvalue weighted by Crippen LogP contribution is 2.16. The number of aryl methyl sites for hydroxylation is 1. The second kappa shape index (κ2) is 8.50. The van der Waals surface area contributed by atoms with Crippen LogP contribution in [0.25, 0.3) is 5.65 Å². The molecular formula is C19H24N6O2. The number of aromatic nitrogens is 3. The maximum Gasteiger partial charge on any atom is 0.264 e. The highest BCUT2D eigenvalue weighted by Gasteiger charge is 2.11. The van der Waals surface area contributed by atoms with E-state index in [4.69, 9.17) is 4.74 Å². The molecule has 27 heavy (non-hydrogen) atoms. The van der Waals surface area contributed by atoms with Gasteiger partial charge in [0.05, 0.1) is 11.9 Å². The van der Waals surface area contributed by atoms with Crippen molar-refractivity contribution in [3.8, 4) is 5.75 Å². The molecule has 0 aliphatic rings. The molecule has 8 heteroatoms. The monoisotopic (exact) mass is 368 g/mol. The summed E-state index contributed by atoms with van der Waals surface area (Å²) in [7, 11) is 4.06. The van der Waals surface area contributed by atoms with Crippen LogP contribution in [0.1, 0.15) is 5.56 Å². The molecule has 0 unspecified atom stereocenters. The van der Waals surface area contributed by atoms with Gasteiger partial charge in [0.1, 0.15) is 5.75 Å². The fraction of sp³-hybridized carbons (Fsp3) is 0.316. The van der Waals surface area contributed by atoms with Gasteiger partial charge in [-0.2, -0.15) is 4.98 Å². The number of pyridine rings is 1. The maximum absolute atomic E-state index is 12.1. The lowest BCUT2D eigenvalue weighted by molar-refractivity contribution is -0.118. The summed E-state index contributed by atoms with van der Waals surface area (Å²) in [6, 6.07) is 11.2. The Morgan fingerprint density at radius 1 is 1.26 bits per heavy atom. The van der Waals surface area contributed by atoms with Crippen LogP contribution in [0.15, 0.2) is 42.6 Å². The molecule has 0 saturated carbocycles. The van der Waals surface area contributed by atoms with Crippen LogP contribution in [-0.4, -0.2) is 59.2 Å². The predicted octanol–water partition coefficient (Wildman–Crippen LogP) is 2.03. The minimum absolute atomic E-state index is 0.101. The van der Waals surface area contributed by atoms with Crippen molar-refractivity contribution in [2.45, 2.75) is 6.92 Å². The van der Waals surface area contributed by atoms with E-state index in [1.807, 2.05) is 51.5 Å². The van der Waals surface area contributed by atoms with E-state index in [-0.39, 0.29) is 18.5 Å². The largest absolute Gasteiger partial charge is 0.484 e. The average Bonchev–Trinajstić information content (AvgIpc) is 3.03. The number of para-hydroxylation sites is 1. The summed E-state index contributed by atoms with van der Waals surface area (Å²) >= 11 is 0. The number of likely N-dealkylation sites (N-methyl/N-ethyl adjacent to an activating group) is 1. The number of hydrogen-bond donors (Lipinski definition) is 2. The van der Waals surface area contributed by atoms with Crippen LogP contribution in [0.4, 0.5) is 11.6 Å². The predicted molar refractivity (Wildman–Crippen MR) is 105 cm³/mol. The summed E-state index contributed by atoms with van der Waals surface area (Å²) in [4.78, 5) is 18.6. The molecule has 2 heterocycles. The maximum atomic E-state index is 12.1. The standard InChI is InChI=1S/C19H24N6O2/c1-14-11-15(20-9-10-24(2)3)12-25-18(14)22-19(23-25)21-17(26)13-27-16-7-5-4-6-8-16/h4-8,11-12,20H,9-10,13H2,1-3H3,(H,21,23,26). The van der Waals surface area contributed by atoms with Crippen LogP contribution in [0, 0.1) is 6.92 Å². The Morgan fingerprint density at radius 2 is 2.04 bits per heavy atom. The molecule has 2 aromatic heterocycles. The number of carbonyl (C=O) groups is 1. The number of amides is 1. The van der Waals surface area contributed by atoms with Gasteiger partial charge in [0.25, 0.3) is 5.91 Å². The summed E-state index contributed by atoms with van der Waals surface area (Å²) in [5, 5.41) is 10.4. The number of benzene rings is 1. The van der Waals surface area contributed by atoms with E-state index in [2.05, 4.69) is 25.6 Å². The van der Waals surface area contributed by atoms with Crippen molar-refractivity contribution >= 4 is 23.2 Å². The van der Waals surface area contributed by atoms with Crippen molar-refractivity contribution in [2.75, 3.05) is 44.4 Å². The van der Waals surface area contributed by atoms with E-state index in [1.54, 1.807) is 16.6 Å². The molecule has 3 rings (SSSR count). The molecule has 1 amide bonds. The number of rotatable bonds is 8. The second-order valence-electron chi connectivity index (χ2n) is 6.50. The number of anilines is 2. The first-order valence-corrected chi connectivity index (χ1v) is 8.74. The number of hydrogen-bond acceptors (Lipinski definition) is 6. The number of ether oxygens (including phenoxy) is 1. The summed E-state index contributed by atoms with van der Waals surface area (Å²) in [5.41, 5.74) is 2.63. The van der Waals surface area contributed by atoms with Crippen LogP contribution in [0.2, 0.25) is 0 Å². The second-order valence-corrected chi connectivity index (χ2v) is 6.50. The first-order valence-electron chi connectivity index (χ1n) is 8.74. The van der Waals surface area contributed by atoms with Crippen molar-refractivity contribution in [2.24, 2.45) is 0 Å². The molecule has 0 bridgehead atoms. The van der Waals surface area contributed by atoms with E-state index < -0.39 is 0 Å². The zero-order chi connectivity index (χ0) is 19.2. The minimum atomic E-state index is -0.309. The number of fused-ring (bicyclic) bond motifs is 1. The van der Waals surface area contributed by atoms with Gasteiger partial charge in [-0.1, -0.05) is 18.2 Å².